The average Bonchev–Trinajstić information content (AvgIpc) is 2.46. The van der Waals surface area contributed by atoms with Gasteiger partial charge in [0, 0.05) is 5.69 Å². The molecular weight excluding hydrogens is 267 g/mol. The number of halogens is 1. The van der Waals surface area contributed by atoms with Crippen LogP contribution in [-0.2, 0) is 4.79 Å². The number of hydrogen-bond acceptors (Lipinski definition) is 2. The van der Waals surface area contributed by atoms with E-state index >= 15 is 0 Å². The second kappa shape index (κ2) is 8.13. The first-order valence-corrected chi connectivity index (χ1v) is 7.89. The van der Waals surface area contributed by atoms with Crippen LogP contribution in [0.3, 0.4) is 0 Å². The molecule has 0 aliphatic heterocycles. The molecule has 2 rings (SSSR count). The first kappa shape index (κ1) is 16.0. The molecule has 0 aromatic heterocycles. The molecule has 1 fully saturated rings. The van der Waals surface area contributed by atoms with E-state index in [1.807, 2.05) is 0 Å². The number of anilines is 1. The van der Waals surface area contributed by atoms with Crippen LogP contribution >= 0.6 is 0 Å². The summed E-state index contributed by atoms with van der Waals surface area (Å²) in [6.07, 6.45) is 6.51. The van der Waals surface area contributed by atoms with Gasteiger partial charge in [-0.05, 0) is 55.5 Å². The smallest absolute Gasteiger partial charge is 0.238 e. The molecule has 21 heavy (non-hydrogen) atoms. The van der Waals surface area contributed by atoms with Crippen molar-refractivity contribution in [2.75, 3.05) is 18.4 Å². The molecular formula is C17H25FN2O. The van der Waals surface area contributed by atoms with E-state index in [0.717, 1.165) is 24.8 Å². The Morgan fingerprint density at radius 1 is 1.29 bits per heavy atom. The minimum atomic E-state index is -0.298. The summed E-state index contributed by atoms with van der Waals surface area (Å²) in [5, 5.41) is 5.94. The highest BCUT2D eigenvalue weighted by Crippen LogP contribution is 2.30. The van der Waals surface area contributed by atoms with Crippen LogP contribution in [0.1, 0.15) is 39.0 Å². The summed E-state index contributed by atoms with van der Waals surface area (Å²) in [4.78, 5) is 11.7. The normalized spacial score (nSPS) is 22.0. The van der Waals surface area contributed by atoms with E-state index in [9.17, 15) is 9.18 Å². The van der Waals surface area contributed by atoms with E-state index in [1.54, 1.807) is 12.1 Å². The lowest BCUT2D eigenvalue weighted by molar-refractivity contribution is -0.115. The van der Waals surface area contributed by atoms with Crippen molar-refractivity contribution in [2.45, 2.75) is 39.0 Å². The molecule has 0 saturated heterocycles. The zero-order valence-electron chi connectivity index (χ0n) is 12.7. The Bertz CT molecular complexity index is 447. The molecule has 0 heterocycles. The molecule has 1 aromatic carbocycles. The molecule has 1 aliphatic rings. The lowest BCUT2D eigenvalue weighted by atomic mass is 9.81. The van der Waals surface area contributed by atoms with Gasteiger partial charge in [0.05, 0.1) is 6.54 Å². The van der Waals surface area contributed by atoms with Gasteiger partial charge in [0.1, 0.15) is 5.82 Å². The Morgan fingerprint density at radius 2 is 2.05 bits per heavy atom. The summed E-state index contributed by atoms with van der Waals surface area (Å²) in [6, 6.07) is 5.81. The zero-order valence-corrected chi connectivity index (χ0v) is 12.7. The van der Waals surface area contributed by atoms with E-state index in [0.29, 0.717) is 12.2 Å². The summed E-state index contributed by atoms with van der Waals surface area (Å²) >= 11 is 0. The number of rotatable bonds is 6. The number of nitrogens with one attached hydrogen (secondary N) is 2. The van der Waals surface area contributed by atoms with Gasteiger partial charge in [-0.3, -0.25) is 4.79 Å². The predicted octanol–water partition coefficient (Wildman–Crippen LogP) is 3.57. The van der Waals surface area contributed by atoms with Crippen molar-refractivity contribution in [1.29, 1.82) is 0 Å². The topological polar surface area (TPSA) is 41.1 Å². The lowest BCUT2D eigenvalue weighted by Gasteiger charge is -2.26. The van der Waals surface area contributed by atoms with Gasteiger partial charge in [0.2, 0.25) is 5.91 Å². The fourth-order valence-corrected chi connectivity index (χ4v) is 3.07. The monoisotopic (exact) mass is 292 g/mol. The molecule has 0 radical (unpaired) electrons. The second-order valence-electron chi connectivity index (χ2n) is 6.16. The van der Waals surface area contributed by atoms with E-state index in [1.165, 1.54) is 37.8 Å². The third-order valence-corrected chi connectivity index (χ3v) is 4.19. The van der Waals surface area contributed by atoms with Crippen LogP contribution in [0, 0.1) is 17.7 Å². The molecule has 0 bridgehead atoms. The Morgan fingerprint density at radius 3 is 2.76 bits per heavy atom. The van der Waals surface area contributed by atoms with Crippen molar-refractivity contribution in [3.05, 3.63) is 30.1 Å². The maximum absolute atomic E-state index is 12.8. The fraction of sp³-hybridized carbons (Fsp3) is 0.588. The SMILES string of the molecule is CC1CCCC(CCNCC(=O)Nc2ccc(F)cc2)C1. The summed E-state index contributed by atoms with van der Waals surface area (Å²) in [5.74, 6) is 1.28. The van der Waals surface area contributed by atoms with Crippen molar-refractivity contribution >= 4 is 11.6 Å². The summed E-state index contributed by atoms with van der Waals surface area (Å²) in [7, 11) is 0. The summed E-state index contributed by atoms with van der Waals surface area (Å²) in [6.45, 7) is 3.52. The molecule has 1 aromatic rings. The number of hydrogen-bond donors (Lipinski definition) is 2. The van der Waals surface area contributed by atoms with Crippen molar-refractivity contribution in [3.63, 3.8) is 0 Å². The first-order chi connectivity index (χ1) is 10.1. The van der Waals surface area contributed by atoms with Crippen LogP contribution in [0.15, 0.2) is 24.3 Å². The zero-order chi connectivity index (χ0) is 15.1. The predicted molar refractivity (Wildman–Crippen MR) is 83.6 cm³/mol. The van der Waals surface area contributed by atoms with Crippen LogP contribution in [0.2, 0.25) is 0 Å². The van der Waals surface area contributed by atoms with E-state index < -0.39 is 0 Å². The quantitative estimate of drug-likeness (QED) is 0.787. The Labute approximate surface area is 126 Å². The van der Waals surface area contributed by atoms with E-state index in [4.69, 9.17) is 0 Å². The number of carbonyl (C=O) groups is 1. The highest BCUT2D eigenvalue weighted by atomic mass is 19.1. The third-order valence-electron chi connectivity index (χ3n) is 4.19. The molecule has 116 valence electrons. The molecule has 1 saturated carbocycles. The second-order valence-corrected chi connectivity index (χ2v) is 6.16. The number of benzene rings is 1. The van der Waals surface area contributed by atoms with Crippen molar-refractivity contribution in [3.8, 4) is 0 Å². The fourth-order valence-electron chi connectivity index (χ4n) is 3.07. The van der Waals surface area contributed by atoms with Crippen LogP contribution in [0.25, 0.3) is 0 Å². The Kier molecular flexibility index (Phi) is 6.18. The molecule has 2 unspecified atom stereocenters. The maximum atomic E-state index is 12.8. The van der Waals surface area contributed by atoms with Crippen LogP contribution in [-0.4, -0.2) is 19.0 Å². The van der Waals surface area contributed by atoms with Crippen LogP contribution in [0.4, 0.5) is 10.1 Å². The maximum Gasteiger partial charge on any atom is 0.238 e. The van der Waals surface area contributed by atoms with Gasteiger partial charge in [-0.1, -0.05) is 26.2 Å². The van der Waals surface area contributed by atoms with Gasteiger partial charge in [0.25, 0.3) is 0 Å². The average molecular weight is 292 g/mol. The van der Waals surface area contributed by atoms with Gasteiger partial charge >= 0.3 is 0 Å². The van der Waals surface area contributed by atoms with Gasteiger partial charge in [-0.25, -0.2) is 4.39 Å². The standard InChI is InChI=1S/C17H25FN2O/c1-13-3-2-4-14(11-13)9-10-19-12-17(21)20-16-7-5-15(18)6-8-16/h5-8,13-14,19H,2-4,9-12H2,1H3,(H,20,21). The molecule has 0 spiro atoms. The van der Waals surface area contributed by atoms with E-state index in [-0.39, 0.29) is 11.7 Å². The van der Waals surface area contributed by atoms with Crippen molar-refractivity contribution < 1.29 is 9.18 Å². The van der Waals surface area contributed by atoms with E-state index in [2.05, 4.69) is 17.6 Å². The van der Waals surface area contributed by atoms with Crippen molar-refractivity contribution in [1.82, 2.24) is 5.32 Å². The summed E-state index contributed by atoms with van der Waals surface area (Å²) < 4.78 is 12.8. The van der Waals surface area contributed by atoms with Crippen LogP contribution < -0.4 is 10.6 Å². The first-order valence-electron chi connectivity index (χ1n) is 7.89. The van der Waals surface area contributed by atoms with Crippen LogP contribution in [0.5, 0.6) is 0 Å². The minimum absolute atomic E-state index is 0.0846. The summed E-state index contributed by atoms with van der Waals surface area (Å²) in [5.41, 5.74) is 0.629. The Hall–Kier alpha value is -1.42. The third kappa shape index (κ3) is 5.84. The molecule has 3 nitrogen and oxygen atoms in total. The van der Waals surface area contributed by atoms with Gasteiger partial charge in [-0.2, -0.15) is 0 Å². The number of carbonyl (C=O) groups excluding carboxylic acids is 1. The highest BCUT2D eigenvalue weighted by Gasteiger charge is 2.18. The molecule has 2 N–H and O–H groups in total. The van der Waals surface area contributed by atoms with Gasteiger partial charge < -0.3 is 10.6 Å². The largest absolute Gasteiger partial charge is 0.325 e. The molecule has 1 amide bonds. The number of amides is 1. The van der Waals surface area contributed by atoms with Crippen molar-refractivity contribution in [2.24, 2.45) is 11.8 Å². The molecule has 4 heteroatoms. The molecule has 1 aliphatic carbocycles. The Balaban J connectivity index is 1.59. The highest BCUT2D eigenvalue weighted by molar-refractivity contribution is 5.92. The minimum Gasteiger partial charge on any atom is -0.325 e. The lowest BCUT2D eigenvalue weighted by Crippen LogP contribution is -2.30. The molecule has 2 atom stereocenters. The van der Waals surface area contributed by atoms with Gasteiger partial charge in [0.15, 0.2) is 0 Å². The van der Waals surface area contributed by atoms with Gasteiger partial charge in [-0.15, -0.1) is 0 Å².